The summed E-state index contributed by atoms with van der Waals surface area (Å²) in [7, 11) is 1.70. The van der Waals surface area contributed by atoms with Crippen LogP contribution in [0.1, 0.15) is 32.3 Å². The van der Waals surface area contributed by atoms with Crippen LogP contribution in [0, 0.1) is 0 Å². The molecule has 0 radical (unpaired) electrons. The van der Waals surface area contributed by atoms with Gasteiger partial charge in [-0.05, 0) is 50.8 Å². The second kappa shape index (κ2) is 7.79. The van der Waals surface area contributed by atoms with Crippen molar-refractivity contribution < 1.29 is 9.47 Å². The lowest BCUT2D eigenvalue weighted by Gasteiger charge is -2.15. The Morgan fingerprint density at radius 1 is 1.35 bits per heavy atom. The van der Waals surface area contributed by atoms with Gasteiger partial charge in [0.25, 0.3) is 0 Å². The van der Waals surface area contributed by atoms with Gasteiger partial charge in [-0.15, -0.1) is 11.8 Å². The lowest BCUT2D eigenvalue weighted by Crippen LogP contribution is -2.23. The van der Waals surface area contributed by atoms with Gasteiger partial charge in [-0.3, -0.25) is 0 Å². The molecule has 1 aliphatic heterocycles. The van der Waals surface area contributed by atoms with E-state index in [1.165, 1.54) is 24.2 Å². The van der Waals surface area contributed by atoms with Gasteiger partial charge < -0.3 is 14.8 Å². The molecule has 3 nitrogen and oxygen atoms in total. The van der Waals surface area contributed by atoms with Crippen molar-refractivity contribution in [2.24, 2.45) is 0 Å². The van der Waals surface area contributed by atoms with E-state index in [1.54, 1.807) is 7.11 Å². The highest BCUT2D eigenvalue weighted by atomic mass is 32.2. The molecule has 1 fully saturated rings. The largest absolute Gasteiger partial charge is 0.493 e. The van der Waals surface area contributed by atoms with Crippen LogP contribution in [0.3, 0.4) is 0 Å². The Bertz CT molecular complexity index is 417. The molecule has 0 amide bonds. The minimum Gasteiger partial charge on any atom is -0.493 e. The van der Waals surface area contributed by atoms with Crippen LogP contribution >= 0.6 is 11.8 Å². The van der Waals surface area contributed by atoms with E-state index in [4.69, 9.17) is 9.47 Å². The molecule has 1 aromatic carbocycles. The molecule has 1 saturated heterocycles. The zero-order valence-electron chi connectivity index (χ0n) is 12.6. The number of nitrogens with one attached hydrogen (secondary N) is 1. The van der Waals surface area contributed by atoms with Gasteiger partial charge in [0.15, 0.2) is 11.5 Å². The maximum Gasteiger partial charge on any atom is 0.161 e. The molecule has 1 aliphatic rings. The van der Waals surface area contributed by atoms with Crippen molar-refractivity contribution >= 4 is 11.8 Å². The zero-order chi connectivity index (χ0) is 14.4. The van der Waals surface area contributed by atoms with Crippen LogP contribution < -0.4 is 14.8 Å². The van der Waals surface area contributed by atoms with Crippen LogP contribution in [0.5, 0.6) is 11.5 Å². The number of ether oxygens (including phenoxy) is 2. The molecule has 0 spiro atoms. The van der Waals surface area contributed by atoms with Crippen LogP contribution in [0.25, 0.3) is 0 Å². The molecular weight excluding hydrogens is 270 g/mol. The fourth-order valence-corrected chi connectivity index (χ4v) is 3.43. The smallest absolute Gasteiger partial charge is 0.161 e. The van der Waals surface area contributed by atoms with E-state index in [0.717, 1.165) is 23.8 Å². The van der Waals surface area contributed by atoms with E-state index >= 15 is 0 Å². The molecule has 20 heavy (non-hydrogen) atoms. The fourth-order valence-electron chi connectivity index (χ4n) is 2.39. The Labute approximate surface area is 126 Å². The maximum absolute atomic E-state index is 5.74. The summed E-state index contributed by atoms with van der Waals surface area (Å²) in [5.74, 6) is 4.04. The van der Waals surface area contributed by atoms with E-state index in [1.807, 2.05) is 31.7 Å². The quantitative estimate of drug-likeness (QED) is 0.834. The molecule has 112 valence electrons. The molecule has 1 N–H and O–H groups in total. The topological polar surface area (TPSA) is 30.5 Å². The van der Waals surface area contributed by atoms with Crippen molar-refractivity contribution in [3.05, 3.63) is 23.8 Å². The van der Waals surface area contributed by atoms with Crippen molar-refractivity contribution in [3.63, 3.8) is 0 Å². The van der Waals surface area contributed by atoms with Gasteiger partial charge in [0, 0.05) is 17.7 Å². The fraction of sp³-hybridized carbons (Fsp3) is 0.625. The summed E-state index contributed by atoms with van der Waals surface area (Å²) in [6, 6.07) is 6.98. The van der Waals surface area contributed by atoms with Gasteiger partial charge in [0.2, 0.25) is 0 Å². The van der Waals surface area contributed by atoms with Crippen LogP contribution in [0.2, 0.25) is 0 Å². The predicted octanol–water partition coefficient (Wildman–Crippen LogP) is 3.47. The van der Waals surface area contributed by atoms with Gasteiger partial charge in [-0.1, -0.05) is 6.07 Å². The van der Waals surface area contributed by atoms with Crippen molar-refractivity contribution in [3.8, 4) is 11.5 Å². The highest BCUT2D eigenvalue weighted by molar-refractivity contribution is 7.99. The SMILES string of the molecule is COc1cc(CCCC2CSCN2)ccc1OC(C)C. The summed E-state index contributed by atoms with van der Waals surface area (Å²) in [4.78, 5) is 0. The second-order valence-electron chi connectivity index (χ2n) is 5.46. The first-order valence-corrected chi connectivity index (χ1v) is 8.49. The number of thioether (sulfide) groups is 1. The Morgan fingerprint density at radius 2 is 2.20 bits per heavy atom. The zero-order valence-corrected chi connectivity index (χ0v) is 13.5. The summed E-state index contributed by atoms with van der Waals surface area (Å²) in [6.07, 6.45) is 3.73. The number of methoxy groups -OCH3 is 1. The predicted molar refractivity (Wildman–Crippen MR) is 85.9 cm³/mol. The third kappa shape index (κ3) is 4.60. The summed E-state index contributed by atoms with van der Waals surface area (Å²) in [5.41, 5.74) is 1.32. The molecule has 1 heterocycles. The minimum atomic E-state index is 0.167. The van der Waals surface area contributed by atoms with Gasteiger partial charge in [0.05, 0.1) is 13.2 Å². The standard InChI is InChI=1S/C16H25NO2S/c1-12(2)19-15-8-7-13(9-16(15)18-3)5-4-6-14-10-20-11-17-14/h7-9,12,14,17H,4-6,10-11H2,1-3H3. The Hall–Kier alpha value is -0.870. The first-order chi connectivity index (χ1) is 9.69. The first-order valence-electron chi connectivity index (χ1n) is 7.33. The van der Waals surface area contributed by atoms with Gasteiger partial charge in [0.1, 0.15) is 0 Å². The Balaban J connectivity index is 1.87. The third-order valence-electron chi connectivity index (χ3n) is 3.40. The van der Waals surface area contributed by atoms with Gasteiger partial charge in [-0.2, -0.15) is 0 Å². The normalized spacial score (nSPS) is 18.5. The van der Waals surface area contributed by atoms with Crippen molar-refractivity contribution in [2.75, 3.05) is 18.7 Å². The van der Waals surface area contributed by atoms with Crippen LogP contribution in [-0.4, -0.2) is 30.9 Å². The lowest BCUT2D eigenvalue weighted by atomic mass is 10.0. The average Bonchev–Trinajstić information content (AvgIpc) is 2.93. The summed E-state index contributed by atoms with van der Waals surface area (Å²) in [6.45, 7) is 4.06. The Morgan fingerprint density at radius 3 is 2.85 bits per heavy atom. The number of rotatable bonds is 7. The van der Waals surface area contributed by atoms with Gasteiger partial charge in [-0.25, -0.2) is 0 Å². The van der Waals surface area contributed by atoms with E-state index < -0.39 is 0 Å². The lowest BCUT2D eigenvalue weighted by molar-refractivity contribution is 0.230. The number of aryl methyl sites for hydroxylation is 1. The number of hydrogen-bond acceptors (Lipinski definition) is 4. The van der Waals surface area contributed by atoms with Crippen LogP contribution in [-0.2, 0) is 6.42 Å². The molecule has 0 aromatic heterocycles. The highest BCUT2D eigenvalue weighted by Gasteiger charge is 2.14. The average molecular weight is 295 g/mol. The monoisotopic (exact) mass is 295 g/mol. The van der Waals surface area contributed by atoms with E-state index in [2.05, 4.69) is 17.4 Å². The molecular formula is C16H25NO2S. The second-order valence-corrected chi connectivity index (χ2v) is 6.49. The molecule has 2 rings (SSSR count). The van der Waals surface area contributed by atoms with E-state index in [9.17, 15) is 0 Å². The maximum atomic E-state index is 5.74. The minimum absolute atomic E-state index is 0.167. The van der Waals surface area contributed by atoms with Crippen LogP contribution in [0.4, 0.5) is 0 Å². The molecule has 1 atom stereocenters. The molecule has 0 aliphatic carbocycles. The first kappa shape index (κ1) is 15.5. The highest BCUT2D eigenvalue weighted by Crippen LogP contribution is 2.29. The number of benzene rings is 1. The molecule has 0 saturated carbocycles. The summed E-state index contributed by atoms with van der Waals surface area (Å²) in [5, 5.41) is 3.51. The van der Waals surface area contributed by atoms with Crippen molar-refractivity contribution in [1.29, 1.82) is 0 Å². The van der Waals surface area contributed by atoms with E-state index in [0.29, 0.717) is 6.04 Å². The van der Waals surface area contributed by atoms with Gasteiger partial charge >= 0.3 is 0 Å². The van der Waals surface area contributed by atoms with E-state index in [-0.39, 0.29) is 6.10 Å². The summed E-state index contributed by atoms with van der Waals surface area (Å²) >= 11 is 1.99. The Kier molecular flexibility index (Phi) is 6.05. The van der Waals surface area contributed by atoms with Crippen molar-refractivity contribution in [1.82, 2.24) is 5.32 Å². The van der Waals surface area contributed by atoms with Crippen molar-refractivity contribution in [2.45, 2.75) is 45.3 Å². The number of hydrogen-bond donors (Lipinski definition) is 1. The molecule has 1 aromatic rings. The van der Waals surface area contributed by atoms with Crippen LogP contribution in [0.15, 0.2) is 18.2 Å². The molecule has 1 unspecified atom stereocenters. The summed E-state index contributed by atoms with van der Waals surface area (Å²) < 4.78 is 11.2. The molecule has 0 bridgehead atoms. The molecule has 4 heteroatoms. The third-order valence-corrected chi connectivity index (χ3v) is 4.41.